The molecule has 0 aromatic rings. The van der Waals surface area contributed by atoms with Crippen molar-refractivity contribution >= 4 is 5.91 Å². The van der Waals surface area contributed by atoms with Gasteiger partial charge < -0.3 is 16.8 Å². The Morgan fingerprint density at radius 3 is 2.09 bits per heavy atom. The molecule has 0 bridgehead atoms. The van der Waals surface area contributed by atoms with Crippen molar-refractivity contribution in [2.24, 2.45) is 11.5 Å². The average Bonchev–Trinajstić information content (AvgIpc) is 1.84. The number of rotatable bonds is 2. The molecule has 0 heterocycles. The van der Waals surface area contributed by atoms with Gasteiger partial charge in [0, 0.05) is 11.3 Å². The van der Waals surface area contributed by atoms with Gasteiger partial charge in [0.1, 0.15) is 0 Å². The smallest absolute Gasteiger partial charge is 0.254 e. The highest BCUT2D eigenvalue weighted by Crippen LogP contribution is 1.96. The highest BCUT2D eigenvalue weighted by atomic mass is 16.1. The first-order chi connectivity index (χ1) is 4.95. The van der Waals surface area contributed by atoms with Gasteiger partial charge in [-0.2, -0.15) is 0 Å². The van der Waals surface area contributed by atoms with Crippen LogP contribution < -0.4 is 16.8 Å². The molecular formula is C7H13N3O. The van der Waals surface area contributed by atoms with Crippen molar-refractivity contribution in [3.63, 3.8) is 0 Å². The van der Waals surface area contributed by atoms with Crippen LogP contribution in [0, 0.1) is 0 Å². The predicted octanol–water partition coefficient (Wildman–Crippen LogP) is -0.215. The standard InChI is InChI=1S/C7H13N3O/c1-4(5(2)8)7(11)10-6(3)9/h3,8-9H2,1-2H3,(H,10,11)/b5-4+. The maximum absolute atomic E-state index is 11.0. The zero-order valence-corrected chi connectivity index (χ0v) is 6.77. The number of allylic oxidation sites excluding steroid dienone is 1. The zero-order chi connectivity index (χ0) is 9.02. The fourth-order valence-corrected chi connectivity index (χ4v) is 0.419. The van der Waals surface area contributed by atoms with Crippen LogP contribution in [0.2, 0.25) is 0 Å². The minimum atomic E-state index is -0.308. The molecule has 62 valence electrons. The summed E-state index contributed by atoms with van der Waals surface area (Å²) in [6.07, 6.45) is 0. The molecule has 1 amide bonds. The fraction of sp³-hybridized carbons (Fsp3) is 0.286. The first-order valence-electron chi connectivity index (χ1n) is 3.14. The number of nitrogens with two attached hydrogens (primary N) is 2. The Morgan fingerprint density at radius 1 is 1.36 bits per heavy atom. The topological polar surface area (TPSA) is 81.1 Å². The van der Waals surface area contributed by atoms with Crippen molar-refractivity contribution in [2.45, 2.75) is 13.8 Å². The summed E-state index contributed by atoms with van der Waals surface area (Å²) < 4.78 is 0. The molecular weight excluding hydrogens is 142 g/mol. The van der Waals surface area contributed by atoms with Gasteiger partial charge in [-0.15, -0.1) is 0 Å². The third-order valence-corrected chi connectivity index (χ3v) is 1.21. The maximum Gasteiger partial charge on any atom is 0.254 e. The third-order valence-electron chi connectivity index (χ3n) is 1.21. The normalized spacial score (nSPS) is 11.8. The van der Waals surface area contributed by atoms with Crippen molar-refractivity contribution in [2.75, 3.05) is 0 Å². The SMILES string of the molecule is C=C(N)NC(=O)/C(C)=C(\C)N. The second kappa shape index (κ2) is 3.65. The Hall–Kier alpha value is -1.45. The summed E-state index contributed by atoms with van der Waals surface area (Å²) in [6.45, 7) is 6.58. The minimum absolute atomic E-state index is 0.121. The van der Waals surface area contributed by atoms with Gasteiger partial charge in [-0.3, -0.25) is 4.79 Å². The molecule has 0 aliphatic carbocycles. The van der Waals surface area contributed by atoms with Gasteiger partial charge in [0.2, 0.25) is 0 Å². The van der Waals surface area contributed by atoms with Crippen LogP contribution >= 0.6 is 0 Å². The molecule has 0 radical (unpaired) electrons. The van der Waals surface area contributed by atoms with Crippen LogP contribution in [0.1, 0.15) is 13.8 Å². The number of hydrogen-bond acceptors (Lipinski definition) is 3. The van der Waals surface area contributed by atoms with Gasteiger partial charge in [-0.05, 0) is 13.8 Å². The monoisotopic (exact) mass is 155 g/mol. The van der Waals surface area contributed by atoms with Crippen LogP contribution in [0.4, 0.5) is 0 Å². The molecule has 5 N–H and O–H groups in total. The summed E-state index contributed by atoms with van der Waals surface area (Å²) in [6, 6.07) is 0. The number of nitrogens with one attached hydrogen (secondary N) is 1. The van der Waals surface area contributed by atoms with Gasteiger partial charge in [0.25, 0.3) is 5.91 Å². The summed E-state index contributed by atoms with van der Waals surface area (Å²) in [7, 11) is 0. The minimum Gasteiger partial charge on any atom is -0.402 e. The van der Waals surface area contributed by atoms with E-state index in [0.717, 1.165) is 0 Å². The van der Waals surface area contributed by atoms with E-state index in [4.69, 9.17) is 11.5 Å². The molecule has 0 unspecified atom stereocenters. The second-order valence-corrected chi connectivity index (χ2v) is 2.29. The molecule has 0 aromatic heterocycles. The van der Waals surface area contributed by atoms with E-state index in [1.807, 2.05) is 0 Å². The number of amides is 1. The highest BCUT2D eigenvalue weighted by Gasteiger charge is 2.04. The van der Waals surface area contributed by atoms with Gasteiger partial charge >= 0.3 is 0 Å². The summed E-state index contributed by atoms with van der Waals surface area (Å²) in [5.41, 5.74) is 11.4. The van der Waals surface area contributed by atoms with Crippen LogP contribution in [0.25, 0.3) is 0 Å². The molecule has 0 aliphatic rings. The zero-order valence-electron chi connectivity index (χ0n) is 6.77. The molecule has 0 atom stereocenters. The molecule has 0 saturated heterocycles. The first kappa shape index (κ1) is 9.55. The van der Waals surface area contributed by atoms with Gasteiger partial charge in [-0.25, -0.2) is 0 Å². The van der Waals surface area contributed by atoms with E-state index in [-0.39, 0.29) is 11.7 Å². The molecule has 4 nitrogen and oxygen atoms in total. The molecule has 11 heavy (non-hydrogen) atoms. The molecule has 0 rings (SSSR count). The van der Waals surface area contributed by atoms with Crippen LogP contribution in [-0.2, 0) is 4.79 Å². The third kappa shape index (κ3) is 3.30. The molecule has 0 fully saturated rings. The number of hydrogen-bond donors (Lipinski definition) is 3. The Kier molecular flexibility index (Phi) is 3.17. The molecule has 0 saturated carbocycles. The maximum atomic E-state index is 11.0. The van der Waals surface area contributed by atoms with Crippen LogP contribution in [-0.4, -0.2) is 5.91 Å². The van der Waals surface area contributed by atoms with E-state index < -0.39 is 0 Å². The van der Waals surface area contributed by atoms with Gasteiger partial charge in [0.05, 0.1) is 5.82 Å². The van der Waals surface area contributed by atoms with E-state index >= 15 is 0 Å². The van der Waals surface area contributed by atoms with E-state index in [1.54, 1.807) is 13.8 Å². The molecule has 0 spiro atoms. The van der Waals surface area contributed by atoms with E-state index in [9.17, 15) is 4.79 Å². The quantitative estimate of drug-likeness (QED) is 0.482. The van der Waals surface area contributed by atoms with Crippen molar-refractivity contribution in [3.8, 4) is 0 Å². The fourth-order valence-electron chi connectivity index (χ4n) is 0.419. The lowest BCUT2D eigenvalue weighted by Crippen LogP contribution is -2.28. The highest BCUT2D eigenvalue weighted by molar-refractivity contribution is 5.94. The molecule has 0 aromatic carbocycles. The second-order valence-electron chi connectivity index (χ2n) is 2.29. The first-order valence-corrected chi connectivity index (χ1v) is 3.14. The summed E-state index contributed by atoms with van der Waals surface area (Å²) in [4.78, 5) is 11.0. The summed E-state index contributed by atoms with van der Waals surface area (Å²) in [5, 5.41) is 2.33. The average molecular weight is 155 g/mol. The van der Waals surface area contributed by atoms with Crippen molar-refractivity contribution in [1.82, 2.24) is 5.32 Å². The summed E-state index contributed by atoms with van der Waals surface area (Å²) in [5.74, 6) is -0.187. The van der Waals surface area contributed by atoms with Crippen molar-refractivity contribution in [3.05, 3.63) is 23.7 Å². The largest absolute Gasteiger partial charge is 0.402 e. The van der Waals surface area contributed by atoms with Gasteiger partial charge in [-0.1, -0.05) is 6.58 Å². The lowest BCUT2D eigenvalue weighted by molar-refractivity contribution is -0.116. The number of carbonyl (C=O) groups is 1. The molecule has 4 heteroatoms. The van der Waals surface area contributed by atoms with Gasteiger partial charge in [0.15, 0.2) is 0 Å². The lowest BCUT2D eigenvalue weighted by Gasteiger charge is -2.04. The lowest BCUT2D eigenvalue weighted by atomic mass is 10.2. The Bertz CT molecular complexity index is 214. The Labute approximate surface area is 65.9 Å². The van der Waals surface area contributed by atoms with Crippen LogP contribution in [0.5, 0.6) is 0 Å². The van der Waals surface area contributed by atoms with E-state index in [2.05, 4.69) is 11.9 Å². The van der Waals surface area contributed by atoms with Crippen molar-refractivity contribution in [1.29, 1.82) is 0 Å². The Morgan fingerprint density at radius 2 is 1.82 bits per heavy atom. The predicted molar refractivity (Wildman–Crippen MR) is 44.0 cm³/mol. The van der Waals surface area contributed by atoms with E-state index in [0.29, 0.717) is 11.3 Å². The molecule has 0 aliphatic heterocycles. The van der Waals surface area contributed by atoms with E-state index in [1.165, 1.54) is 0 Å². The Balaban J connectivity index is 4.28. The van der Waals surface area contributed by atoms with Crippen molar-refractivity contribution < 1.29 is 4.79 Å². The number of carbonyl (C=O) groups excluding carboxylic acids is 1. The summed E-state index contributed by atoms with van der Waals surface area (Å²) >= 11 is 0. The van der Waals surface area contributed by atoms with Crippen LogP contribution in [0.3, 0.4) is 0 Å². The van der Waals surface area contributed by atoms with Crippen LogP contribution in [0.15, 0.2) is 23.7 Å².